The van der Waals surface area contributed by atoms with Gasteiger partial charge < -0.3 is 19.6 Å². The van der Waals surface area contributed by atoms with Crippen LogP contribution in [0.4, 0.5) is 0 Å². The number of hydrogen-bond acceptors (Lipinski definition) is 4. The van der Waals surface area contributed by atoms with Crippen molar-refractivity contribution in [1.29, 1.82) is 0 Å². The molecule has 0 spiro atoms. The van der Waals surface area contributed by atoms with Crippen LogP contribution in [0.3, 0.4) is 0 Å². The first-order valence-electron chi connectivity index (χ1n) is 4.93. The van der Waals surface area contributed by atoms with E-state index in [0.717, 1.165) is 20.0 Å². The average Bonchev–Trinajstić information content (AvgIpc) is 2.87. The lowest BCUT2D eigenvalue weighted by atomic mass is 10.7. The maximum atomic E-state index is 3.73. The smallest absolute Gasteiger partial charge is 0.0952 e. The van der Waals surface area contributed by atoms with Crippen LogP contribution in [0.25, 0.3) is 0 Å². The Hall–Kier alpha value is -1.84. The summed E-state index contributed by atoms with van der Waals surface area (Å²) >= 11 is 0. The molecular weight excluding hydrogens is 188 g/mol. The molecule has 0 amide bonds. The van der Waals surface area contributed by atoms with E-state index in [1.165, 1.54) is 0 Å². The molecule has 80 valence electrons. The van der Waals surface area contributed by atoms with Crippen molar-refractivity contribution in [2.75, 3.05) is 20.0 Å². The zero-order chi connectivity index (χ0) is 10.7. The standard InChI is InChI=1S/C11H16N4/c1-3-12-5-7-14(9-12)11-15-8-6-13(4-2)10-15/h3-8H,1-2,9-11H2. The van der Waals surface area contributed by atoms with Gasteiger partial charge >= 0.3 is 0 Å². The second kappa shape index (κ2) is 4.13. The van der Waals surface area contributed by atoms with Crippen LogP contribution in [-0.4, -0.2) is 39.6 Å². The summed E-state index contributed by atoms with van der Waals surface area (Å²) in [5.74, 6) is 0. The summed E-state index contributed by atoms with van der Waals surface area (Å²) < 4.78 is 0. The lowest BCUT2D eigenvalue weighted by Crippen LogP contribution is -2.34. The van der Waals surface area contributed by atoms with Gasteiger partial charge in [-0.3, -0.25) is 0 Å². The van der Waals surface area contributed by atoms with Gasteiger partial charge in [0, 0.05) is 24.8 Å². The van der Waals surface area contributed by atoms with Crippen molar-refractivity contribution in [3.05, 3.63) is 50.4 Å². The SMILES string of the molecule is C=CN1C=CN(CN2C=CN(C=C)C2)C1. The highest BCUT2D eigenvalue weighted by Crippen LogP contribution is 2.11. The molecule has 0 saturated carbocycles. The topological polar surface area (TPSA) is 13.0 Å². The predicted molar refractivity (Wildman–Crippen MR) is 60.6 cm³/mol. The molecule has 0 atom stereocenters. The normalized spacial score (nSPS) is 19.2. The van der Waals surface area contributed by atoms with Crippen molar-refractivity contribution in [2.24, 2.45) is 0 Å². The van der Waals surface area contributed by atoms with Gasteiger partial charge in [0.25, 0.3) is 0 Å². The summed E-state index contributed by atoms with van der Waals surface area (Å²) in [5.41, 5.74) is 0. The lowest BCUT2D eigenvalue weighted by Gasteiger charge is -2.25. The molecule has 4 nitrogen and oxygen atoms in total. The van der Waals surface area contributed by atoms with E-state index in [1.807, 2.05) is 34.6 Å². The molecule has 0 saturated heterocycles. The molecule has 0 N–H and O–H groups in total. The maximum absolute atomic E-state index is 3.73. The lowest BCUT2D eigenvalue weighted by molar-refractivity contribution is 0.190. The van der Waals surface area contributed by atoms with E-state index in [4.69, 9.17) is 0 Å². The third-order valence-corrected chi connectivity index (χ3v) is 2.46. The molecule has 0 bridgehead atoms. The van der Waals surface area contributed by atoms with Crippen LogP contribution in [0, 0.1) is 0 Å². The Morgan fingerprint density at radius 2 is 1.33 bits per heavy atom. The van der Waals surface area contributed by atoms with Crippen LogP contribution in [0.5, 0.6) is 0 Å². The minimum Gasteiger partial charge on any atom is -0.341 e. The fraction of sp³-hybridized carbons (Fsp3) is 0.273. The van der Waals surface area contributed by atoms with Crippen molar-refractivity contribution < 1.29 is 0 Å². The summed E-state index contributed by atoms with van der Waals surface area (Å²) in [5, 5.41) is 0. The Kier molecular flexibility index (Phi) is 2.67. The van der Waals surface area contributed by atoms with Gasteiger partial charge in [0.15, 0.2) is 0 Å². The molecule has 2 heterocycles. The summed E-state index contributed by atoms with van der Waals surface area (Å²) in [7, 11) is 0. The largest absolute Gasteiger partial charge is 0.341 e. The number of rotatable bonds is 4. The molecule has 0 unspecified atom stereocenters. The van der Waals surface area contributed by atoms with E-state index < -0.39 is 0 Å². The van der Waals surface area contributed by atoms with Crippen molar-refractivity contribution in [1.82, 2.24) is 19.6 Å². The van der Waals surface area contributed by atoms with Gasteiger partial charge in [-0.2, -0.15) is 0 Å². The molecule has 2 rings (SSSR count). The van der Waals surface area contributed by atoms with Crippen LogP contribution in [0.15, 0.2) is 50.4 Å². The van der Waals surface area contributed by atoms with Gasteiger partial charge in [-0.05, 0) is 12.4 Å². The van der Waals surface area contributed by atoms with Crippen molar-refractivity contribution >= 4 is 0 Å². The van der Waals surface area contributed by atoms with Crippen molar-refractivity contribution in [2.45, 2.75) is 0 Å². The fourth-order valence-corrected chi connectivity index (χ4v) is 1.62. The second-order valence-corrected chi connectivity index (χ2v) is 3.59. The van der Waals surface area contributed by atoms with E-state index in [2.05, 4.69) is 35.4 Å². The Morgan fingerprint density at radius 1 is 0.867 bits per heavy atom. The Bertz CT molecular complexity index is 278. The molecule has 2 aliphatic heterocycles. The first kappa shape index (κ1) is 9.71. The summed E-state index contributed by atoms with van der Waals surface area (Å²) in [4.78, 5) is 8.54. The molecule has 0 radical (unpaired) electrons. The van der Waals surface area contributed by atoms with E-state index in [9.17, 15) is 0 Å². The highest BCUT2D eigenvalue weighted by Gasteiger charge is 2.15. The quantitative estimate of drug-likeness (QED) is 0.684. The van der Waals surface area contributed by atoms with Crippen LogP contribution in [0.2, 0.25) is 0 Å². The van der Waals surface area contributed by atoms with Crippen LogP contribution in [0.1, 0.15) is 0 Å². The number of nitrogens with zero attached hydrogens (tertiary/aromatic N) is 4. The fourth-order valence-electron chi connectivity index (χ4n) is 1.62. The highest BCUT2D eigenvalue weighted by atomic mass is 15.4. The first-order valence-corrected chi connectivity index (χ1v) is 4.93. The molecule has 2 aliphatic rings. The Labute approximate surface area is 90.7 Å². The average molecular weight is 204 g/mol. The van der Waals surface area contributed by atoms with Gasteiger partial charge in [-0.1, -0.05) is 13.2 Å². The molecular formula is C11H16N4. The summed E-state index contributed by atoms with van der Waals surface area (Å²) in [6.45, 7) is 10.1. The van der Waals surface area contributed by atoms with Gasteiger partial charge in [0.2, 0.25) is 0 Å². The summed E-state index contributed by atoms with van der Waals surface area (Å²) in [6.07, 6.45) is 11.9. The zero-order valence-corrected chi connectivity index (χ0v) is 8.79. The van der Waals surface area contributed by atoms with E-state index in [0.29, 0.717) is 0 Å². The van der Waals surface area contributed by atoms with Gasteiger partial charge in [0.05, 0.1) is 20.0 Å². The molecule has 0 aliphatic carbocycles. The molecule has 0 aromatic rings. The minimum absolute atomic E-state index is 0.877. The zero-order valence-electron chi connectivity index (χ0n) is 8.79. The van der Waals surface area contributed by atoms with E-state index in [-0.39, 0.29) is 0 Å². The maximum Gasteiger partial charge on any atom is 0.0952 e. The second-order valence-electron chi connectivity index (χ2n) is 3.59. The van der Waals surface area contributed by atoms with Gasteiger partial charge in [0.1, 0.15) is 0 Å². The van der Waals surface area contributed by atoms with E-state index in [1.54, 1.807) is 0 Å². The van der Waals surface area contributed by atoms with Gasteiger partial charge in [-0.25, -0.2) is 0 Å². The molecule has 0 aromatic carbocycles. The molecule has 4 heteroatoms. The third-order valence-electron chi connectivity index (χ3n) is 2.46. The van der Waals surface area contributed by atoms with Crippen LogP contribution < -0.4 is 0 Å². The van der Waals surface area contributed by atoms with Crippen molar-refractivity contribution in [3.8, 4) is 0 Å². The predicted octanol–water partition coefficient (Wildman–Crippen LogP) is 1.32. The highest BCUT2D eigenvalue weighted by molar-refractivity contribution is 4.98. The molecule has 0 fully saturated rings. The van der Waals surface area contributed by atoms with Gasteiger partial charge in [-0.15, -0.1) is 0 Å². The van der Waals surface area contributed by atoms with E-state index >= 15 is 0 Å². The third kappa shape index (κ3) is 2.15. The first-order chi connectivity index (χ1) is 7.31. The molecule has 0 aromatic heterocycles. The minimum atomic E-state index is 0.877. The monoisotopic (exact) mass is 204 g/mol. The van der Waals surface area contributed by atoms with Crippen molar-refractivity contribution in [3.63, 3.8) is 0 Å². The Balaban J connectivity index is 1.80. The summed E-state index contributed by atoms with van der Waals surface area (Å²) in [6, 6.07) is 0. The van der Waals surface area contributed by atoms with Crippen LogP contribution >= 0.6 is 0 Å². The number of hydrogen-bond donors (Lipinski definition) is 0. The Morgan fingerprint density at radius 3 is 1.67 bits per heavy atom. The van der Waals surface area contributed by atoms with Crippen LogP contribution in [-0.2, 0) is 0 Å². The molecule has 15 heavy (non-hydrogen) atoms.